The molecule has 0 amide bonds. The lowest BCUT2D eigenvalue weighted by Crippen LogP contribution is -2.12. The number of hydrogen-bond donors (Lipinski definition) is 1. The Kier molecular flexibility index (Phi) is 2.69. The molecule has 2 heteroatoms. The van der Waals surface area contributed by atoms with E-state index in [0.717, 1.165) is 4.47 Å². The average molecular weight is 238 g/mol. The van der Waals surface area contributed by atoms with Crippen LogP contribution in [0.4, 0.5) is 5.69 Å². The molecular formula is C11H12BrN. The standard InChI is InChI=1S/C11H12BrN/c12-9-5-7-11(8-6-9)13-10-3-1-2-4-10/h1,3,5-8,10,13H,2,4H2/t10-/m1/s1. The van der Waals surface area contributed by atoms with Gasteiger partial charge >= 0.3 is 0 Å². The number of anilines is 1. The molecule has 0 radical (unpaired) electrons. The molecule has 1 N–H and O–H groups in total. The van der Waals surface area contributed by atoms with Crippen LogP contribution in [-0.4, -0.2) is 6.04 Å². The molecule has 1 aromatic carbocycles. The van der Waals surface area contributed by atoms with Gasteiger partial charge in [-0.25, -0.2) is 0 Å². The largest absolute Gasteiger partial charge is 0.379 e. The highest BCUT2D eigenvalue weighted by atomic mass is 79.9. The van der Waals surface area contributed by atoms with Gasteiger partial charge in [-0.3, -0.25) is 0 Å². The summed E-state index contributed by atoms with van der Waals surface area (Å²) < 4.78 is 1.13. The van der Waals surface area contributed by atoms with Gasteiger partial charge in [0.2, 0.25) is 0 Å². The highest BCUT2D eigenvalue weighted by molar-refractivity contribution is 9.10. The van der Waals surface area contributed by atoms with E-state index in [9.17, 15) is 0 Å². The fourth-order valence-electron chi connectivity index (χ4n) is 1.51. The maximum atomic E-state index is 3.46. The van der Waals surface area contributed by atoms with Gasteiger partial charge in [-0.1, -0.05) is 28.1 Å². The normalized spacial score (nSPS) is 20.5. The smallest absolute Gasteiger partial charge is 0.0447 e. The zero-order chi connectivity index (χ0) is 9.10. The zero-order valence-corrected chi connectivity index (χ0v) is 8.92. The fraction of sp³-hybridized carbons (Fsp3) is 0.273. The minimum atomic E-state index is 0.529. The molecule has 0 aromatic heterocycles. The predicted octanol–water partition coefficient (Wildman–Crippen LogP) is 3.58. The topological polar surface area (TPSA) is 12.0 Å². The van der Waals surface area contributed by atoms with E-state index in [4.69, 9.17) is 0 Å². The minimum absolute atomic E-state index is 0.529. The summed E-state index contributed by atoms with van der Waals surface area (Å²) in [6, 6.07) is 8.83. The van der Waals surface area contributed by atoms with Crippen molar-refractivity contribution in [2.24, 2.45) is 0 Å². The summed E-state index contributed by atoms with van der Waals surface area (Å²) >= 11 is 3.42. The first-order valence-corrected chi connectivity index (χ1v) is 5.33. The molecule has 1 nitrogen and oxygen atoms in total. The first-order valence-electron chi connectivity index (χ1n) is 4.53. The van der Waals surface area contributed by atoms with Crippen LogP contribution in [0.25, 0.3) is 0 Å². The Morgan fingerprint density at radius 2 is 2.00 bits per heavy atom. The van der Waals surface area contributed by atoms with E-state index >= 15 is 0 Å². The van der Waals surface area contributed by atoms with E-state index in [1.807, 2.05) is 0 Å². The Morgan fingerprint density at radius 3 is 2.62 bits per heavy atom. The van der Waals surface area contributed by atoms with E-state index in [1.165, 1.54) is 18.5 Å². The lowest BCUT2D eigenvalue weighted by molar-refractivity contribution is 0.826. The molecule has 0 spiro atoms. The monoisotopic (exact) mass is 237 g/mol. The lowest BCUT2D eigenvalue weighted by atomic mass is 10.2. The van der Waals surface area contributed by atoms with Crippen molar-refractivity contribution in [2.75, 3.05) is 5.32 Å². The van der Waals surface area contributed by atoms with E-state index < -0.39 is 0 Å². The van der Waals surface area contributed by atoms with E-state index in [0.29, 0.717) is 6.04 Å². The lowest BCUT2D eigenvalue weighted by Gasteiger charge is -2.11. The van der Waals surface area contributed by atoms with Crippen LogP contribution in [0, 0.1) is 0 Å². The molecule has 68 valence electrons. The van der Waals surface area contributed by atoms with Crippen molar-refractivity contribution in [3.63, 3.8) is 0 Å². The minimum Gasteiger partial charge on any atom is -0.379 e. The van der Waals surface area contributed by atoms with Crippen LogP contribution < -0.4 is 5.32 Å². The number of hydrogen-bond acceptors (Lipinski definition) is 1. The van der Waals surface area contributed by atoms with Gasteiger partial charge in [-0.2, -0.15) is 0 Å². The summed E-state index contributed by atoms with van der Waals surface area (Å²) in [5.74, 6) is 0. The second-order valence-corrected chi connectivity index (χ2v) is 4.18. The molecule has 1 aliphatic rings. The van der Waals surface area contributed by atoms with Crippen LogP contribution in [0.1, 0.15) is 12.8 Å². The van der Waals surface area contributed by atoms with Crippen LogP contribution in [0.2, 0.25) is 0 Å². The van der Waals surface area contributed by atoms with Crippen molar-refractivity contribution in [3.05, 3.63) is 40.9 Å². The molecule has 13 heavy (non-hydrogen) atoms. The summed E-state index contributed by atoms with van der Waals surface area (Å²) in [5.41, 5.74) is 1.19. The van der Waals surface area contributed by atoms with Gasteiger partial charge in [0.15, 0.2) is 0 Å². The molecule has 0 bridgehead atoms. The third-order valence-electron chi connectivity index (χ3n) is 2.21. The number of rotatable bonds is 2. The summed E-state index contributed by atoms with van der Waals surface area (Å²) in [6.07, 6.45) is 6.89. The van der Waals surface area contributed by atoms with Gasteiger partial charge < -0.3 is 5.32 Å². The van der Waals surface area contributed by atoms with Gasteiger partial charge in [-0.15, -0.1) is 0 Å². The van der Waals surface area contributed by atoms with Crippen molar-refractivity contribution >= 4 is 21.6 Å². The van der Waals surface area contributed by atoms with E-state index in [2.05, 4.69) is 57.7 Å². The Bertz CT molecular complexity index is 302. The molecule has 0 aliphatic heterocycles. The molecule has 0 unspecified atom stereocenters. The summed E-state index contributed by atoms with van der Waals surface area (Å²) in [4.78, 5) is 0. The quantitative estimate of drug-likeness (QED) is 0.776. The van der Waals surface area contributed by atoms with Gasteiger partial charge in [0.25, 0.3) is 0 Å². The zero-order valence-electron chi connectivity index (χ0n) is 7.33. The van der Waals surface area contributed by atoms with Crippen LogP contribution in [0.3, 0.4) is 0 Å². The highest BCUT2D eigenvalue weighted by Crippen LogP contribution is 2.18. The van der Waals surface area contributed by atoms with Crippen molar-refractivity contribution in [3.8, 4) is 0 Å². The molecule has 2 rings (SSSR count). The Morgan fingerprint density at radius 1 is 1.23 bits per heavy atom. The van der Waals surface area contributed by atoms with Crippen LogP contribution in [0.5, 0.6) is 0 Å². The second-order valence-electron chi connectivity index (χ2n) is 3.26. The van der Waals surface area contributed by atoms with Crippen LogP contribution in [0.15, 0.2) is 40.9 Å². The third-order valence-corrected chi connectivity index (χ3v) is 2.74. The van der Waals surface area contributed by atoms with Gasteiger partial charge in [0.05, 0.1) is 0 Å². The van der Waals surface area contributed by atoms with Gasteiger partial charge in [0.1, 0.15) is 0 Å². The van der Waals surface area contributed by atoms with Crippen molar-refractivity contribution in [2.45, 2.75) is 18.9 Å². The van der Waals surface area contributed by atoms with Crippen LogP contribution >= 0.6 is 15.9 Å². The summed E-state index contributed by atoms with van der Waals surface area (Å²) in [5, 5.41) is 3.46. The van der Waals surface area contributed by atoms with Crippen molar-refractivity contribution < 1.29 is 0 Å². The second kappa shape index (κ2) is 3.97. The maximum Gasteiger partial charge on any atom is 0.0447 e. The Labute approximate surface area is 87.0 Å². The van der Waals surface area contributed by atoms with Crippen LogP contribution in [-0.2, 0) is 0 Å². The first kappa shape index (κ1) is 8.82. The summed E-state index contributed by atoms with van der Waals surface area (Å²) in [7, 11) is 0. The first-order chi connectivity index (χ1) is 6.34. The number of allylic oxidation sites excluding steroid dienone is 1. The van der Waals surface area contributed by atoms with Gasteiger partial charge in [0, 0.05) is 16.2 Å². The van der Waals surface area contributed by atoms with E-state index in [-0.39, 0.29) is 0 Å². The molecule has 1 aromatic rings. The average Bonchev–Trinajstić information content (AvgIpc) is 2.62. The fourth-order valence-corrected chi connectivity index (χ4v) is 1.78. The third kappa shape index (κ3) is 2.34. The van der Waals surface area contributed by atoms with Crippen molar-refractivity contribution in [1.82, 2.24) is 0 Å². The van der Waals surface area contributed by atoms with E-state index in [1.54, 1.807) is 0 Å². The predicted molar refractivity (Wildman–Crippen MR) is 59.9 cm³/mol. The Hall–Kier alpha value is -0.760. The molecule has 1 atom stereocenters. The maximum absolute atomic E-state index is 3.46. The van der Waals surface area contributed by atoms with Crippen molar-refractivity contribution in [1.29, 1.82) is 0 Å². The molecule has 0 fully saturated rings. The summed E-state index contributed by atoms with van der Waals surface area (Å²) in [6.45, 7) is 0. The SMILES string of the molecule is Brc1ccc(N[C@@H]2C=CCC2)cc1. The molecule has 1 aliphatic carbocycles. The van der Waals surface area contributed by atoms with Gasteiger partial charge in [-0.05, 0) is 37.1 Å². The molecule has 0 heterocycles. The molecule has 0 saturated heterocycles. The molecule has 0 saturated carbocycles. The number of benzene rings is 1. The number of halogens is 1. The molecular weight excluding hydrogens is 226 g/mol. The highest BCUT2D eigenvalue weighted by Gasteiger charge is 2.07. The number of nitrogens with one attached hydrogen (secondary N) is 1. The Balaban J connectivity index is 2.01.